The van der Waals surface area contributed by atoms with Gasteiger partial charge in [-0.1, -0.05) is 30.3 Å². The average Bonchev–Trinajstić information content (AvgIpc) is 2.84. The maximum atomic E-state index is 12.7. The second-order valence-corrected chi connectivity index (χ2v) is 5.38. The molecule has 1 aliphatic rings. The topological polar surface area (TPSA) is 112 Å². The smallest absolute Gasteiger partial charge is 0.264 e. The van der Waals surface area contributed by atoms with Crippen LogP contribution in [0.3, 0.4) is 0 Å². The van der Waals surface area contributed by atoms with E-state index >= 15 is 0 Å². The minimum Gasteiger partial charge on any atom is -0.507 e. The first kappa shape index (κ1) is 15.7. The number of hydrogen-bond donors (Lipinski definition) is 4. The van der Waals surface area contributed by atoms with Gasteiger partial charge in [-0.2, -0.15) is 0 Å². The summed E-state index contributed by atoms with van der Waals surface area (Å²) in [5, 5.41) is 39.0. The van der Waals surface area contributed by atoms with E-state index in [1.54, 1.807) is 30.3 Å². The fraction of sp³-hybridized carbons (Fsp3) is 0.312. The highest BCUT2D eigenvalue weighted by Gasteiger charge is 2.43. The van der Waals surface area contributed by atoms with Crippen molar-refractivity contribution in [2.45, 2.75) is 24.5 Å². The van der Waals surface area contributed by atoms with E-state index in [0.717, 1.165) is 4.57 Å². The van der Waals surface area contributed by atoms with Gasteiger partial charge in [-0.05, 0) is 11.6 Å². The van der Waals surface area contributed by atoms with Crippen molar-refractivity contribution in [1.82, 2.24) is 4.57 Å². The van der Waals surface area contributed by atoms with Crippen LogP contribution in [-0.4, -0.2) is 49.9 Å². The van der Waals surface area contributed by atoms with Gasteiger partial charge in [-0.3, -0.25) is 9.36 Å². The van der Waals surface area contributed by atoms with Crippen LogP contribution in [-0.2, 0) is 4.74 Å². The molecule has 23 heavy (non-hydrogen) atoms. The molecule has 1 aromatic heterocycles. The first-order valence-electron chi connectivity index (χ1n) is 7.16. The molecule has 0 unspecified atom stereocenters. The van der Waals surface area contributed by atoms with Gasteiger partial charge in [0.15, 0.2) is 6.23 Å². The number of benzene rings is 1. The summed E-state index contributed by atoms with van der Waals surface area (Å²) < 4.78 is 6.47. The number of aromatic nitrogens is 1. The van der Waals surface area contributed by atoms with Crippen LogP contribution in [0, 0.1) is 0 Å². The van der Waals surface area contributed by atoms with E-state index in [0.29, 0.717) is 5.56 Å². The summed E-state index contributed by atoms with van der Waals surface area (Å²) in [7, 11) is 0. The molecular weight excluding hydrogens is 302 g/mol. The summed E-state index contributed by atoms with van der Waals surface area (Å²) in [5.74, 6) is -0.191. The molecule has 0 amide bonds. The molecule has 122 valence electrons. The molecule has 0 aliphatic carbocycles. The summed E-state index contributed by atoms with van der Waals surface area (Å²) in [6, 6.07) is 9.93. The fourth-order valence-electron chi connectivity index (χ4n) is 2.73. The summed E-state index contributed by atoms with van der Waals surface area (Å²) >= 11 is 0. The molecule has 0 saturated carbocycles. The van der Waals surface area contributed by atoms with Crippen molar-refractivity contribution in [2.24, 2.45) is 0 Å². The number of hydrogen-bond acceptors (Lipinski definition) is 6. The van der Waals surface area contributed by atoms with Crippen molar-refractivity contribution < 1.29 is 25.2 Å². The van der Waals surface area contributed by atoms with Crippen LogP contribution in [0.2, 0.25) is 0 Å². The summed E-state index contributed by atoms with van der Waals surface area (Å²) in [6.45, 7) is -0.479. The molecule has 2 aromatic rings. The SMILES string of the molecule is O=c1c(-c2ccccc2)c(O)ccn1[C@@H]1O[C@H](CO)[C@@H](O)[C@H]1O. The number of aromatic hydroxyl groups is 1. The molecular formula is C16H17NO6. The number of aliphatic hydroxyl groups is 3. The highest BCUT2D eigenvalue weighted by Crippen LogP contribution is 2.31. The summed E-state index contributed by atoms with van der Waals surface area (Å²) in [4.78, 5) is 12.7. The highest BCUT2D eigenvalue weighted by atomic mass is 16.6. The molecule has 1 aromatic carbocycles. The second kappa shape index (κ2) is 6.13. The van der Waals surface area contributed by atoms with Crippen molar-refractivity contribution in [3.63, 3.8) is 0 Å². The molecule has 0 bridgehead atoms. The Morgan fingerprint density at radius 1 is 1.09 bits per heavy atom. The van der Waals surface area contributed by atoms with Crippen molar-refractivity contribution in [3.8, 4) is 16.9 Å². The number of ether oxygens (including phenoxy) is 1. The summed E-state index contributed by atoms with van der Waals surface area (Å²) in [5.41, 5.74) is 0.0352. The lowest BCUT2D eigenvalue weighted by Gasteiger charge is -2.19. The van der Waals surface area contributed by atoms with Crippen LogP contribution in [0.15, 0.2) is 47.4 Å². The van der Waals surface area contributed by atoms with E-state index in [9.17, 15) is 20.1 Å². The molecule has 1 fully saturated rings. The lowest BCUT2D eigenvalue weighted by Crippen LogP contribution is -2.35. The van der Waals surface area contributed by atoms with Gasteiger partial charge in [-0.15, -0.1) is 0 Å². The Morgan fingerprint density at radius 2 is 1.78 bits per heavy atom. The lowest BCUT2D eigenvalue weighted by atomic mass is 10.1. The number of aliphatic hydroxyl groups excluding tert-OH is 3. The van der Waals surface area contributed by atoms with Crippen LogP contribution < -0.4 is 5.56 Å². The molecule has 3 rings (SSSR count). The van der Waals surface area contributed by atoms with Crippen LogP contribution in [0.4, 0.5) is 0 Å². The van der Waals surface area contributed by atoms with E-state index in [1.165, 1.54) is 12.3 Å². The molecule has 7 heteroatoms. The zero-order valence-electron chi connectivity index (χ0n) is 12.1. The third-order valence-electron chi connectivity index (χ3n) is 3.95. The average molecular weight is 319 g/mol. The van der Waals surface area contributed by atoms with Crippen molar-refractivity contribution in [2.75, 3.05) is 6.61 Å². The Hall–Kier alpha value is -2.19. The van der Waals surface area contributed by atoms with E-state index in [1.807, 2.05) is 0 Å². The number of rotatable bonds is 3. The summed E-state index contributed by atoms with van der Waals surface area (Å²) in [6.07, 6.45) is -3.50. The zero-order valence-corrected chi connectivity index (χ0v) is 12.1. The molecule has 7 nitrogen and oxygen atoms in total. The van der Waals surface area contributed by atoms with Crippen LogP contribution in [0.25, 0.3) is 11.1 Å². The van der Waals surface area contributed by atoms with Crippen molar-refractivity contribution in [3.05, 3.63) is 52.9 Å². The predicted molar refractivity (Wildman–Crippen MR) is 80.8 cm³/mol. The Balaban J connectivity index is 2.08. The van der Waals surface area contributed by atoms with E-state index < -0.39 is 36.7 Å². The second-order valence-electron chi connectivity index (χ2n) is 5.38. The third-order valence-corrected chi connectivity index (χ3v) is 3.95. The Morgan fingerprint density at radius 3 is 2.39 bits per heavy atom. The van der Waals surface area contributed by atoms with Gasteiger partial charge in [0.1, 0.15) is 24.1 Å². The van der Waals surface area contributed by atoms with Gasteiger partial charge in [0.25, 0.3) is 5.56 Å². The van der Waals surface area contributed by atoms with E-state index in [4.69, 9.17) is 9.84 Å². The van der Waals surface area contributed by atoms with Crippen LogP contribution in [0.1, 0.15) is 6.23 Å². The van der Waals surface area contributed by atoms with Gasteiger partial charge < -0.3 is 25.2 Å². The van der Waals surface area contributed by atoms with Gasteiger partial charge in [0.2, 0.25) is 0 Å². The Bertz CT molecular complexity index is 744. The third kappa shape index (κ3) is 2.64. The van der Waals surface area contributed by atoms with Gasteiger partial charge in [-0.25, -0.2) is 0 Å². The standard InChI is InChI=1S/C16H17NO6/c18-8-11-13(20)14(21)16(23-11)17-7-6-10(19)12(15(17)22)9-4-2-1-3-5-9/h1-7,11,13-14,16,18-21H,8H2/t11-,13-,14-,16-/m1/s1. The van der Waals surface area contributed by atoms with Gasteiger partial charge >= 0.3 is 0 Å². The zero-order chi connectivity index (χ0) is 16.6. The van der Waals surface area contributed by atoms with Crippen LogP contribution in [0.5, 0.6) is 5.75 Å². The molecule has 1 aliphatic heterocycles. The Kier molecular flexibility index (Phi) is 4.18. The Labute approximate surface area is 131 Å². The lowest BCUT2D eigenvalue weighted by molar-refractivity contribution is -0.0543. The molecule has 1 saturated heterocycles. The maximum Gasteiger partial charge on any atom is 0.264 e. The molecule has 4 N–H and O–H groups in total. The van der Waals surface area contributed by atoms with Crippen molar-refractivity contribution in [1.29, 1.82) is 0 Å². The minimum atomic E-state index is -1.36. The number of pyridine rings is 1. The predicted octanol–water partition coefficient (Wildman–Crippen LogP) is -0.168. The van der Waals surface area contributed by atoms with Crippen molar-refractivity contribution >= 4 is 0 Å². The minimum absolute atomic E-state index is 0.0749. The normalized spacial score (nSPS) is 27.3. The fourth-order valence-corrected chi connectivity index (χ4v) is 2.73. The van der Waals surface area contributed by atoms with Gasteiger partial charge in [0, 0.05) is 6.20 Å². The quantitative estimate of drug-likeness (QED) is 0.625. The molecule has 0 spiro atoms. The number of nitrogens with zero attached hydrogens (tertiary/aromatic N) is 1. The first-order chi connectivity index (χ1) is 11.0. The van der Waals surface area contributed by atoms with Gasteiger partial charge in [0.05, 0.1) is 12.2 Å². The largest absolute Gasteiger partial charge is 0.507 e. The first-order valence-corrected chi connectivity index (χ1v) is 7.16. The molecule has 0 radical (unpaired) electrons. The highest BCUT2D eigenvalue weighted by molar-refractivity contribution is 5.68. The van der Waals surface area contributed by atoms with E-state index in [2.05, 4.69) is 0 Å². The monoisotopic (exact) mass is 319 g/mol. The van der Waals surface area contributed by atoms with Crippen LogP contribution >= 0.6 is 0 Å². The molecule has 4 atom stereocenters. The van der Waals surface area contributed by atoms with E-state index in [-0.39, 0.29) is 11.3 Å². The maximum absolute atomic E-state index is 12.7. The molecule has 2 heterocycles.